The molecule has 1 aliphatic rings. The lowest BCUT2D eigenvalue weighted by Crippen LogP contribution is -1.95. The Morgan fingerprint density at radius 2 is 2.10 bits per heavy atom. The van der Waals surface area contributed by atoms with Crippen molar-refractivity contribution in [2.24, 2.45) is 5.92 Å². The van der Waals surface area contributed by atoms with Crippen LogP contribution in [0, 0.1) is 5.92 Å². The third kappa shape index (κ3) is 3.00. The van der Waals surface area contributed by atoms with Crippen molar-refractivity contribution < 1.29 is 9.90 Å². The van der Waals surface area contributed by atoms with Crippen LogP contribution >= 0.6 is 11.3 Å². The van der Waals surface area contributed by atoms with Gasteiger partial charge in [-0.15, -0.1) is 11.3 Å². The first kappa shape index (κ1) is 14.3. The first-order valence-electron chi connectivity index (χ1n) is 7.46. The van der Waals surface area contributed by atoms with Crippen molar-refractivity contribution in [3.63, 3.8) is 0 Å². The highest BCUT2D eigenvalue weighted by Crippen LogP contribution is 2.41. The fourth-order valence-corrected chi connectivity index (χ4v) is 4.04. The zero-order valence-corrected chi connectivity index (χ0v) is 12.9. The Kier molecular flexibility index (Phi) is 4.06. The Morgan fingerprint density at radius 3 is 2.71 bits per heavy atom. The van der Waals surface area contributed by atoms with Gasteiger partial charge in [-0.3, -0.25) is 0 Å². The van der Waals surface area contributed by atoms with Gasteiger partial charge in [-0.1, -0.05) is 25.5 Å². The third-order valence-corrected chi connectivity index (χ3v) is 5.42. The van der Waals surface area contributed by atoms with Gasteiger partial charge in [0.25, 0.3) is 0 Å². The zero-order valence-electron chi connectivity index (χ0n) is 12.1. The Hall–Kier alpha value is -1.68. The molecule has 1 aliphatic carbocycles. The first-order chi connectivity index (χ1) is 10.2. The molecule has 1 aromatic carbocycles. The van der Waals surface area contributed by atoms with Crippen molar-refractivity contribution in [2.75, 3.05) is 0 Å². The molecule has 1 fully saturated rings. The molecule has 1 heterocycles. The van der Waals surface area contributed by atoms with Crippen LogP contribution in [0.5, 0.6) is 0 Å². The van der Waals surface area contributed by atoms with Crippen molar-refractivity contribution in [3.8, 4) is 11.3 Å². The minimum Gasteiger partial charge on any atom is -0.478 e. The lowest BCUT2D eigenvalue weighted by Gasteiger charge is -2.06. The van der Waals surface area contributed by atoms with E-state index in [1.165, 1.54) is 30.7 Å². The predicted octanol–water partition coefficient (Wildman–Crippen LogP) is 4.80. The van der Waals surface area contributed by atoms with E-state index in [4.69, 9.17) is 10.1 Å². The molecule has 2 unspecified atom stereocenters. The van der Waals surface area contributed by atoms with E-state index >= 15 is 0 Å². The van der Waals surface area contributed by atoms with Gasteiger partial charge in [0.15, 0.2) is 0 Å². The van der Waals surface area contributed by atoms with Crippen LogP contribution in [0.3, 0.4) is 0 Å². The van der Waals surface area contributed by atoms with Gasteiger partial charge in [0, 0.05) is 16.9 Å². The van der Waals surface area contributed by atoms with Gasteiger partial charge < -0.3 is 5.11 Å². The van der Waals surface area contributed by atoms with Crippen LogP contribution < -0.4 is 0 Å². The molecular weight excluding hydrogens is 282 g/mol. The molecule has 21 heavy (non-hydrogen) atoms. The van der Waals surface area contributed by atoms with E-state index < -0.39 is 5.97 Å². The highest BCUT2D eigenvalue weighted by molar-refractivity contribution is 7.10. The summed E-state index contributed by atoms with van der Waals surface area (Å²) in [6.45, 7) is 2.27. The summed E-state index contributed by atoms with van der Waals surface area (Å²) in [5, 5.41) is 12.3. The molecule has 1 saturated carbocycles. The van der Waals surface area contributed by atoms with E-state index in [-0.39, 0.29) is 0 Å². The smallest absolute Gasteiger partial charge is 0.335 e. The third-order valence-electron chi connectivity index (χ3n) is 4.42. The van der Waals surface area contributed by atoms with Crippen molar-refractivity contribution in [1.82, 2.24) is 4.98 Å². The van der Waals surface area contributed by atoms with Crippen LogP contribution in [0.4, 0.5) is 0 Å². The number of carboxylic acid groups (broad SMARTS) is 1. The number of aromatic nitrogens is 1. The number of carboxylic acids is 1. The second-order valence-corrected chi connectivity index (χ2v) is 6.63. The van der Waals surface area contributed by atoms with Crippen molar-refractivity contribution in [2.45, 2.75) is 38.5 Å². The van der Waals surface area contributed by atoms with E-state index in [0.717, 1.165) is 17.2 Å². The molecule has 3 nitrogen and oxygen atoms in total. The van der Waals surface area contributed by atoms with Crippen LogP contribution in [-0.4, -0.2) is 16.1 Å². The number of rotatable bonds is 4. The number of hydrogen-bond acceptors (Lipinski definition) is 3. The molecule has 0 spiro atoms. The normalized spacial score (nSPS) is 21.6. The van der Waals surface area contributed by atoms with E-state index in [1.54, 1.807) is 23.5 Å². The minimum atomic E-state index is -0.892. The Balaban J connectivity index is 1.77. The first-order valence-corrected chi connectivity index (χ1v) is 8.34. The number of hydrogen-bond donors (Lipinski definition) is 1. The Morgan fingerprint density at radius 1 is 1.33 bits per heavy atom. The monoisotopic (exact) mass is 301 g/mol. The number of nitrogens with zero attached hydrogens (tertiary/aromatic N) is 1. The van der Waals surface area contributed by atoms with Crippen molar-refractivity contribution in [1.29, 1.82) is 0 Å². The van der Waals surface area contributed by atoms with E-state index in [1.807, 2.05) is 12.1 Å². The number of aromatic carboxylic acids is 1. The average molecular weight is 301 g/mol. The molecule has 110 valence electrons. The predicted molar refractivity (Wildman–Crippen MR) is 84.9 cm³/mol. The quantitative estimate of drug-likeness (QED) is 0.882. The Labute approximate surface area is 128 Å². The second kappa shape index (κ2) is 5.98. The number of thiazole rings is 1. The fourth-order valence-electron chi connectivity index (χ4n) is 3.06. The molecule has 0 radical (unpaired) electrons. The van der Waals surface area contributed by atoms with Gasteiger partial charge >= 0.3 is 5.97 Å². The maximum absolute atomic E-state index is 10.9. The summed E-state index contributed by atoms with van der Waals surface area (Å²) < 4.78 is 0. The van der Waals surface area contributed by atoms with Gasteiger partial charge in [0.2, 0.25) is 0 Å². The Bertz CT molecular complexity index is 632. The van der Waals surface area contributed by atoms with Gasteiger partial charge in [-0.25, -0.2) is 9.78 Å². The SMILES string of the molecule is CCC1CCC(c2nc(-c3ccc(C(=O)O)cc3)cs2)C1. The average Bonchev–Trinajstić information content (AvgIpc) is 3.16. The van der Waals surface area contributed by atoms with Gasteiger partial charge in [0.1, 0.15) is 0 Å². The molecule has 0 bridgehead atoms. The summed E-state index contributed by atoms with van der Waals surface area (Å²) in [6, 6.07) is 6.95. The molecule has 1 N–H and O–H groups in total. The van der Waals surface area contributed by atoms with Gasteiger partial charge in [-0.2, -0.15) is 0 Å². The maximum Gasteiger partial charge on any atom is 0.335 e. The standard InChI is InChI=1S/C17H19NO2S/c1-2-11-3-4-14(9-11)16-18-15(10-21-16)12-5-7-13(8-6-12)17(19)20/h5-8,10-11,14H,2-4,9H2,1H3,(H,19,20). The van der Waals surface area contributed by atoms with Crippen molar-refractivity contribution >= 4 is 17.3 Å². The number of benzene rings is 1. The van der Waals surface area contributed by atoms with Gasteiger partial charge in [-0.05, 0) is 37.3 Å². The molecule has 3 rings (SSSR count). The lowest BCUT2D eigenvalue weighted by molar-refractivity contribution is 0.0697. The van der Waals surface area contributed by atoms with Crippen LogP contribution in [0.25, 0.3) is 11.3 Å². The van der Waals surface area contributed by atoms with Crippen molar-refractivity contribution in [3.05, 3.63) is 40.2 Å². The summed E-state index contributed by atoms with van der Waals surface area (Å²) in [5.41, 5.74) is 2.27. The molecule has 2 atom stereocenters. The molecule has 4 heteroatoms. The van der Waals surface area contributed by atoms with Crippen LogP contribution in [0.15, 0.2) is 29.6 Å². The molecule has 0 saturated heterocycles. The van der Waals surface area contributed by atoms with E-state index in [9.17, 15) is 4.79 Å². The number of carbonyl (C=O) groups is 1. The molecule has 1 aromatic heterocycles. The molecule has 0 aliphatic heterocycles. The topological polar surface area (TPSA) is 50.2 Å². The van der Waals surface area contributed by atoms with Crippen LogP contribution in [0.2, 0.25) is 0 Å². The largest absolute Gasteiger partial charge is 0.478 e. The molecule has 2 aromatic rings. The molecule has 0 amide bonds. The van der Waals surface area contributed by atoms with E-state index in [0.29, 0.717) is 11.5 Å². The van der Waals surface area contributed by atoms with E-state index in [2.05, 4.69) is 12.3 Å². The van der Waals surface area contributed by atoms with Crippen LogP contribution in [0.1, 0.15) is 53.9 Å². The highest BCUT2D eigenvalue weighted by Gasteiger charge is 2.26. The summed E-state index contributed by atoms with van der Waals surface area (Å²) in [7, 11) is 0. The summed E-state index contributed by atoms with van der Waals surface area (Å²) in [5.74, 6) is 0.585. The minimum absolute atomic E-state index is 0.316. The zero-order chi connectivity index (χ0) is 14.8. The fraction of sp³-hybridized carbons (Fsp3) is 0.412. The van der Waals surface area contributed by atoms with Crippen LogP contribution in [-0.2, 0) is 0 Å². The molecular formula is C17H19NO2S. The van der Waals surface area contributed by atoms with Gasteiger partial charge in [0.05, 0.1) is 16.3 Å². The highest BCUT2D eigenvalue weighted by atomic mass is 32.1. The summed E-state index contributed by atoms with van der Waals surface area (Å²) in [4.78, 5) is 15.6. The maximum atomic E-state index is 10.9. The second-order valence-electron chi connectivity index (χ2n) is 5.74. The summed E-state index contributed by atoms with van der Waals surface area (Å²) in [6.07, 6.45) is 5.11. The summed E-state index contributed by atoms with van der Waals surface area (Å²) >= 11 is 1.74. The lowest BCUT2D eigenvalue weighted by atomic mass is 10.0.